The van der Waals surface area contributed by atoms with Crippen molar-refractivity contribution in [3.05, 3.63) is 30.1 Å². The molecule has 0 bridgehead atoms. The number of hydrogen-bond donors (Lipinski definition) is 0. The van der Waals surface area contributed by atoms with Crippen molar-refractivity contribution in [1.82, 2.24) is 4.98 Å². The van der Waals surface area contributed by atoms with Crippen LogP contribution in [0.15, 0.2) is 29.4 Å². The van der Waals surface area contributed by atoms with E-state index in [0.29, 0.717) is 12.1 Å². The molecule has 1 rings (SSSR count). The maximum Gasteiger partial charge on any atom is 0.186 e. The zero-order valence-electron chi connectivity index (χ0n) is 8.47. The molecule has 3 nitrogen and oxygen atoms in total. The van der Waals surface area contributed by atoms with E-state index in [9.17, 15) is 4.79 Å². The van der Waals surface area contributed by atoms with E-state index < -0.39 is 0 Å². The Balaban J connectivity index is 2.52. The Kier molecular flexibility index (Phi) is 3.98. The summed E-state index contributed by atoms with van der Waals surface area (Å²) >= 11 is 0. The van der Waals surface area contributed by atoms with Crippen molar-refractivity contribution >= 4 is 12.0 Å². The molecule has 14 heavy (non-hydrogen) atoms. The molecule has 0 aromatic carbocycles. The third-order valence-corrected chi connectivity index (χ3v) is 1.63. The van der Waals surface area contributed by atoms with E-state index in [-0.39, 0.29) is 11.8 Å². The van der Waals surface area contributed by atoms with Crippen LogP contribution in [0.4, 0.5) is 0 Å². The van der Waals surface area contributed by atoms with Gasteiger partial charge in [0.1, 0.15) is 5.69 Å². The third-order valence-electron chi connectivity index (χ3n) is 1.63. The molecular weight excluding hydrogens is 176 g/mol. The Bertz CT molecular complexity index is 317. The number of rotatable bonds is 4. The van der Waals surface area contributed by atoms with Crippen LogP contribution in [0, 0.1) is 0 Å². The second-order valence-electron chi connectivity index (χ2n) is 3.27. The first-order valence-electron chi connectivity index (χ1n) is 4.66. The van der Waals surface area contributed by atoms with Gasteiger partial charge in [-0.1, -0.05) is 6.07 Å². The summed E-state index contributed by atoms with van der Waals surface area (Å²) in [7, 11) is 0. The van der Waals surface area contributed by atoms with E-state index in [0.717, 1.165) is 0 Å². The summed E-state index contributed by atoms with van der Waals surface area (Å²) in [5.41, 5.74) is 0.503. The van der Waals surface area contributed by atoms with Crippen molar-refractivity contribution in [2.45, 2.75) is 26.3 Å². The normalized spacial score (nSPS) is 11.1. The first-order chi connectivity index (χ1) is 6.70. The number of ketones is 1. The molecule has 0 aliphatic heterocycles. The number of carbonyl (C=O) groups is 1. The maximum absolute atomic E-state index is 11.5. The quantitative estimate of drug-likeness (QED) is 0.539. The minimum absolute atomic E-state index is 0.00926. The van der Waals surface area contributed by atoms with Gasteiger partial charge in [-0.2, -0.15) is 0 Å². The van der Waals surface area contributed by atoms with Crippen LogP contribution >= 0.6 is 0 Å². The topological polar surface area (TPSA) is 42.3 Å². The smallest absolute Gasteiger partial charge is 0.186 e. The number of nitrogens with zero attached hydrogens (tertiary/aromatic N) is 2. The highest BCUT2D eigenvalue weighted by atomic mass is 16.1. The molecule has 0 N–H and O–H groups in total. The SMILES string of the molecule is CC(C)N=CCC(=O)c1ccccn1. The summed E-state index contributed by atoms with van der Waals surface area (Å²) in [6.45, 7) is 3.95. The van der Waals surface area contributed by atoms with Gasteiger partial charge in [-0.05, 0) is 26.0 Å². The highest BCUT2D eigenvalue weighted by molar-refractivity contribution is 6.02. The van der Waals surface area contributed by atoms with Crippen molar-refractivity contribution in [3.8, 4) is 0 Å². The van der Waals surface area contributed by atoms with E-state index in [1.165, 1.54) is 0 Å². The van der Waals surface area contributed by atoms with Crippen LogP contribution in [-0.2, 0) is 0 Å². The van der Waals surface area contributed by atoms with Crippen molar-refractivity contribution in [2.75, 3.05) is 0 Å². The standard InChI is InChI=1S/C11H14N2O/c1-9(2)12-8-6-11(14)10-5-3-4-7-13-10/h3-5,7-9H,6H2,1-2H3. The Morgan fingerprint density at radius 2 is 2.36 bits per heavy atom. The summed E-state index contributed by atoms with van der Waals surface area (Å²) in [5, 5.41) is 0. The molecule has 0 unspecified atom stereocenters. The molecule has 0 saturated heterocycles. The summed E-state index contributed by atoms with van der Waals surface area (Å²) in [6.07, 6.45) is 3.60. The third kappa shape index (κ3) is 3.47. The number of carbonyl (C=O) groups excluding carboxylic acids is 1. The van der Waals surface area contributed by atoms with Crippen LogP contribution in [-0.4, -0.2) is 23.0 Å². The van der Waals surface area contributed by atoms with Crippen molar-refractivity contribution in [3.63, 3.8) is 0 Å². The monoisotopic (exact) mass is 190 g/mol. The minimum Gasteiger partial charge on any atom is -0.294 e. The largest absolute Gasteiger partial charge is 0.294 e. The molecule has 0 spiro atoms. The van der Waals surface area contributed by atoms with Gasteiger partial charge in [0.2, 0.25) is 0 Å². The minimum atomic E-state index is 0.00926. The van der Waals surface area contributed by atoms with Gasteiger partial charge >= 0.3 is 0 Å². The van der Waals surface area contributed by atoms with Gasteiger partial charge < -0.3 is 0 Å². The molecule has 0 atom stereocenters. The number of aliphatic imine (C=N–C) groups is 1. The highest BCUT2D eigenvalue weighted by Gasteiger charge is 2.03. The Labute approximate surface area is 83.9 Å². The lowest BCUT2D eigenvalue weighted by atomic mass is 10.2. The van der Waals surface area contributed by atoms with Crippen LogP contribution in [0.2, 0.25) is 0 Å². The molecule has 0 aliphatic rings. The molecule has 1 aromatic heterocycles. The summed E-state index contributed by atoms with van der Waals surface area (Å²) < 4.78 is 0. The van der Waals surface area contributed by atoms with E-state index in [1.807, 2.05) is 13.8 Å². The van der Waals surface area contributed by atoms with E-state index >= 15 is 0 Å². The van der Waals surface area contributed by atoms with Crippen molar-refractivity contribution < 1.29 is 4.79 Å². The fraction of sp³-hybridized carbons (Fsp3) is 0.364. The Morgan fingerprint density at radius 3 is 2.93 bits per heavy atom. The van der Waals surface area contributed by atoms with E-state index in [1.54, 1.807) is 30.6 Å². The molecule has 1 heterocycles. The number of pyridine rings is 1. The molecule has 0 saturated carbocycles. The van der Waals surface area contributed by atoms with Gasteiger partial charge in [0.05, 0.1) is 0 Å². The molecule has 74 valence electrons. The van der Waals surface area contributed by atoms with Gasteiger partial charge in [-0.25, -0.2) is 0 Å². The number of aromatic nitrogens is 1. The molecular formula is C11H14N2O. The van der Waals surface area contributed by atoms with E-state index in [4.69, 9.17) is 0 Å². The lowest BCUT2D eigenvalue weighted by Gasteiger charge is -1.96. The molecule has 3 heteroatoms. The highest BCUT2D eigenvalue weighted by Crippen LogP contribution is 1.97. The van der Waals surface area contributed by atoms with Gasteiger partial charge in [-0.3, -0.25) is 14.8 Å². The molecule has 0 amide bonds. The lowest BCUT2D eigenvalue weighted by molar-refractivity contribution is 0.0997. The average molecular weight is 190 g/mol. The first kappa shape index (κ1) is 10.6. The molecule has 0 aliphatic carbocycles. The predicted octanol–water partition coefficient (Wildman–Crippen LogP) is 2.13. The summed E-state index contributed by atoms with van der Waals surface area (Å²) in [4.78, 5) is 19.6. The Morgan fingerprint density at radius 1 is 1.57 bits per heavy atom. The summed E-state index contributed by atoms with van der Waals surface area (Å²) in [6, 6.07) is 5.55. The van der Waals surface area contributed by atoms with Gasteiger partial charge in [0, 0.05) is 24.9 Å². The zero-order chi connectivity index (χ0) is 10.4. The fourth-order valence-electron chi connectivity index (χ4n) is 0.979. The van der Waals surface area contributed by atoms with Crippen molar-refractivity contribution in [2.24, 2.45) is 4.99 Å². The Hall–Kier alpha value is -1.51. The number of Topliss-reactive ketones (excluding diaryl/α,β-unsaturated/α-hetero) is 1. The van der Waals surface area contributed by atoms with Crippen LogP contribution in [0.1, 0.15) is 30.8 Å². The van der Waals surface area contributed by atoms with Crippen LogP contribution in [0.25, 0.3) is 0 Å². The summed E-state index contributed by atoms with van der Waals surface area (Å²) in [5.74, 6) is 0.00926. The lowest BCUT2D eigenvalue weighted by Crippen LogP contribution is -2.02. The second-order valence-corrected chi connectivity index (χ2v) is 3.27. The second kappa shape index (κ2) is 5.27. The van der Waals surface area contributed by atoms with E-state index in [2.05, 4.69) is 9.98 Å². The molecule has 1 aromatic rings. The van der Waals surface area contributed by atoms with Gasteiger partial charge in [0.15, 0.2) is 5.78 Å². The number of hydrogen-bond acceptors (Lipinski definition) is 3. The molecule has 0 fully saturated rings. The van der Waals surface area contributed by atoms with Crippen molar-refractivity contribution in [1.29, 1.82) is 0 Å². The fourth-order valence-corrected chi connectivity index (χ4v) is 0.979. The maximum atomic E-state index is 11.5. The van der Waals surface area contributed by atoms with Gasteiger partial charge in [0.25, 0.3) is 0 Å². The van der Waals surface area contributed by atoms with Gasteiger partial charge in [-0.15, -0.1) is 0 Å². The molecule has 0 radical (unpaired) electrons. The van der Waals surface area contributed by atoms with Crippen LogP contribution in [0.5, 0.6) is 0 Å². The van der Waals surface area contributed by atoms with Crippen LogP contribution < -0.4 is 0 Å². The predicted molar refractivity (Wildman–Crippen MR) is 56.8 cm³/mol. The zero-order valence-corrected chi connectivity index (χ0v) is 8.47. The first-order valence-corrected chi connectivity index (χ1v) is 4.66. The van der Waals surface area contributed by atoms with Crippen LogP contribution in [0.3, 0.4) is 0 Å². The average Bonchev–Trinajstić information content (AvgIpc) is 2.18.